The van der Waals surface area contributed by atoms with E-state index in [9.17, 15) is 9.18 Å². The van der Waals surface area contributed by atoms with Crippen molar-refractivity contribution in [2.75, 3.05) is 30.0 Å². The van der Waals surface area contributed by atoms with Crippen molar-refractivity contribution in [2.45, 2.75) is 26.7 Å². The van der Waals surface area contributed by atoms with Gasteiger partial charge in [-0.3, -0.25) is 4.79 Å². The van der Waals surface area contributed by atoms with Crippen molar-refractivity contribution in [1.82, 2.24) is 15.0 Å². The maximum absolute atomic E-state index is 14.6. The number of anilines is 4. The molecule has 192 valence electrons. The van der Waals surface area contributed by atoms with Crippen molar-refractivity contribution in [2.24, 2.45) is 5.73 Å². The molecule has 4 rings (SSSR count). The van der Waals surface area contributed by atoms with Gasteiger partial charge in [0, 0.05) is 35.7 Å². The average Bonchev–Trinajstić information content (AvgIpc) is 2.92. The quantitative estimate of drug-likeness (QED) is 0.256. The van der Waals surface area contributed by atoms with Crippen molar-refractivity contribution >= 4 is 29.0 Å². The third-order valence-corrected chi connectivity index (χ3v) is 5.59. The van der Waals surface area contributed by atoms with Crippen LogP contribution in [0.15, 0.2) is 67.0 Å². The minimum atomic E-state index is -0.562. The summed E-state index contributed by atoms with van der Waals surface area (Å²) >= 11 is 0. The summed E-state index contributed by atoms with van der Waals surface area (Å²) in [5, 5.41) is 9.03. The summed E-state index contributed by atoms with van der Waals surface area (Å²) in [6, 6.07) is 16.6. The summed E-state index contributed by atoms with van der Waals surface area (Å²) in [5.41, 5.74) is 9.05. The Labute approximate surface area is 216 Å². The molecule has 0 unspecified atom stereocenters. The number of nitrogens with two attached hydrogens (primary N) is 1. The van der Waals surface area contributed by atoms with Crippen molar-refractivity contribution in [3.8, 4) is 11.3 Å². The molecule has 4 aromatic rings. The molecule has 9 heteroatoms. The third kappa shape index (κ3) is 6.65. The van der Waals surface area contributed by atoms with E-state index in [4.69, 9.17) is 0 Å². The normalized spacial score (nSPS) is 10.4. The van der Waals surface area contributed by atoms with Crippen LogP contribution in [-0.2, 0) is 0 Å². The number of pyridine rings is 1. The molecule has 0 aliphatic carbocycles. The topological polar surface area (TPSA) is 118 Å². The van der Waals surface area contributed by atoms with Gasteiger partial charge in [0.25, 0.3) is 5.91 Å². The lowest BCUT2D eigenvalue weighted by Gasteiger charge is -2.15. The molecule has 2 aromatic heterocycles. The molecule has 2 heterocycles. The summed E-state index contributed by atoms with van der Waals surface area (Å²) < 4.78 is 14.6. The van der Waals surface area contributed by atoms with Gasteiger partial charge in [0.2, 0.25) is 5.95 Å². The summed E-state index contributed by atoms with van der Waals surface area (Å²) in [5.74, 6) is 0.285. The summed E-state index contributed by atoms with van der Waals surface area (Å²) in [6.45, 7) is 6.14. The fraction of sp³-hybridized carbons (Fsp3) is 0.214. The Bertz CT molecular complexity index is 1370. The molecular weight excluding hydrogens is 469 g/mol. The maximum atomic E-state index is 14.6. The first-order chi connectivity index (χ1) is 17.9. The Morgan fingerprint density at radius 2 is 1.81 bits per heavy atom. The molecule has 0 radical (unpaired) electrons. The number of aryl methyl sites for hydroxylation is 1. The maximum Gasteiger partial charge on any atom is 0.255 e. The highest BCUT2D eigenvalue weighted by Crippen LogP contribution is 2.31. The van der Waals surface area contributed by atoms with Gasteiger partial charge in [-0.25, -0.2) is 19.3 Å². The second-order valence-corrected chi connectivity index (χ2v) is 8.43. The van der Waals surface area contributed by atoms with Crippen LogP contribution in [0.4, 0.5) is 27.5 Å². The minimum absolute atomic E-state index is 0.122. The predicted octanol–water partition coefficient (Wildman–Crippen LogP) is 5.72. The summed E-state index contributed by atoms with van der Waals surface area (Å²) in [6.07, 6.45) is 2.73. The van der Waals surface area contributed by atoms with Crippen LogP contribution < -0.4 is 21.7 Å². The van der Waals surface area contributed by atoms with E-state index in [1.54, 1.807) is 37.5 Å². The van der Waals surface area contributed by atoms with Crippen molar-refractivity contribution in [3.63, 3.8) is 0 Å². The molecule has 0 aliphatic heterocycles. The number of aromatic nitrogens is 3. The highest BCUT2D eigenvalue weighted by molar-refractivity contribution is 6.05. The van der Waals surface area contributed by atoms with Gasteiger partial charge in [0.1, 0.15) is 11.5 Å². The van der Waals surface area contributed by atoms with Gasteiger partial charge in [-0.05, 0) is 67.4 Å². The summed E-state index contributed by atoms with van der Waals surface area (Å²) in [7, 11) is 3.17. The van der Waals surface area contributed by atoms with E-state index in [2.05, 4.69) is 50.5 Å². The number of amides is 1. The number of benzene rings is 2. The van der Waals surface area contributed by atoms with E-state index in [0.717, 1.165) is 23.0 Å². The second kappa shape index (κ2) is 12.5. The predicted molar refractivity (Wildman–Crippen MR) is 148 cm³/mol. The number of carbonyl (C=O) groups excluding carboxylic acids is 1. The van der Waals surface area contributed by atoms with Gasteiger partial charge >= 0.3 is 0 Å². The lowest BCUT2D eigenvalue weighted by Crippen LogP contribution is -2.13. The first-order valence-corrected chi connectivity index (χ1v) is 11.9. The standard InChI is InChI=1S/C27H27FN6O.CH5N/c1-16(2)18-7-5-8-20(13-18)32-26(35)19-11-10-17(3)23(14-19)33-25-21(9-6-12-30-25)24-22(28)15-31-27(29-4)34-24;1-2/h5-16H,1-4H3,(H,30,33)(H,32,35)(H,29,31,34);2H2,1H3. The van der Waals surface area contributed by atoms with Gasteiger partial charge in [0.05, 0.1) is 6.20 Å². The molecule has 0 bridgehead atoms. The fourth-order valence-corrected chi connectivity index (χ4v) is 3.58. The molecule has 0 fully saturated rings. The van der Waals surface area contributed by atoms with Gasteiger partial charge < -0.3 is 21.7 Å². The number of hydrogen-bond acceptors (Lipinski definition) is 7. The zero-order chi connectivity index (χ0) is 26.9. The number of carbonyl (C=O) groups is 1. The van der Waals surface area contributed by atoms with Crippen LogP contribution in [0.25, 0.3) is 11.3 Å². The number of nitrogens with one attached hydrogen (secondary N) is 3. The van der Waals surface area contributed by atoms with E-state index in [0.29, 0.717) is 34.5 Å². The first kappa shape index (κ1) is 27.2. The van der Waals surface area contributed by atoms with Gasteiger partial charge in [-0.1, -0.05) is 32.0 Å². The second-order valence-electron chi connectivity index (χ2n) is 8.43. The Morgan fingerprint density at radius 1 is 1.03 bits per heavy atom. The van der Waals surface area contributed by atoms with Gasteiger partial charge in [-0.15, -0.1) is 0 Å². The van der Waals surface area contributed by atoms with Crippen LogP contribution in [0.5, 0.6) is 0 Å². The van der Waals surface area contributed by atoms with E-state index in [-0.39, 0.29) is 11.6 Å². The zero-order valence-corrected chi connectivity index (χ0v) is 21.6. The molecule has 37 heavy (non-hydrogen) atoms. The van der Waals surface area contributed by atoms with Crippen LogP contribution in [-0.4, -0.2) is 35.0 Å². The first-order valence-electron chi connectivity index (χ1n) is 11.9. The molecule has 8 nitrogen and oxygen atoms in total. The molecule has 5 N–H and O–H groups in total. The molecule has 0 saturated carbocycles. The molecule has 2 aromatic carbocycles. The SMILES string of the molecule is CN.CNc1ncc(F)c(-c2cccnc2Nc2cc(C(=O)Nc3cccc(C(C)C)c3)ccc2C)n1. The van der Waals surface area contributed by atoms with E-state index in [1.165, 1.54) is 7.05 Å². The van der Waals surface area contributed by atoms with Crippen molar-refractivity contribution in [1.29, 1.82) is 0 Å². The van der Waals surface area contributed by atoms with Crippen LogP contribution >= 0.6 is 0 Å². The highest BCUT2D eigenvalue weighted by Gasteiger charge is 2.16. The molecule has 0 saturated heterocycles. The molecule has 1 amide bonds. The van der Waals surface area contributed by atoms with Crippen LogP contribution in [0.2, 0.25) is 0 Å². The number of halogens is 1. The minimum Gasteiger partial charge on any atom is -0.357 e. The van der Waals surface area contributed by atoms with E-state index >= 15 is 0 Å². The van der Waals surface area contributed by atoms with Crippen LogP contribution in [0.1, 0.15) is 41.3 Å². The van der Waals surface area contributed by atoms with Gasteiger partial charge in [0.15, 0.2) is 5.82 Å². The van der Waals surface area contributed by atoms with E-state index < -0.39 is 5.82 Å². The van der Waals surface area contributed by atoms with Crippen molar-refractivity contribution < 1.29 is 9.18 Å². The Morgan fingerprint density at radius 3 is 2.54 bits per heavy atom. The molecular formula is C28H32FN7O. The lowest BCUT2D eigenvalue weighted by molar-refractivity contribution is 0.102. The van der Waals surface area contributed by atoms with Crippen molar-refractivity contribution in [3.05, 3.63) is 89.5 Å². The Kier molecular flexibility index (Phi) is 9.23. The highest BCUT2D eigenvalue weighted by atomic mass is 19.1. The summed E-state index contributed by atoms with van der Waals surface area (Å²) in [4.78, 5) is 25.5. The Balaban J connectivity index is 0.00000186. The van der Waals surface area contributed by atoms with E-state index in [1.807, 2.05) is 37.3 Å². The molecule has 0 aliphatic rings. The third-order valence-electron chi connectivity index (χ3n) is 5.59. The average molecular weight is 502 g/mol. The molecule has 0 atom stereocenters. The van der Waals surface area contributed by atoms with Gasteiger partial charge in [-0.2, -0.15) is 0 Å². The lowest BCUT2D eigenvalue weighted by atomic mass is 10.0. The number of rotatable bonds is 7. The number of hydrogen-bond donors (Lipinski definition) is 4. The monoisotopic (exact) mass is 501 g/mol. The fourth-order valence-electron chi connectivity index (χ4n) is 3.58. The van der Waals surface area contributed by atoms with Crippen LogP contribution in [0, 0.1) is 12.7 Å². The number of nitrogens with zero attached hydrogens (tertiary/aromatic N) is 3. The Hall–Kier alpha value is -4.37. The van der Waals surface area contributed by atoms with Crippen LogP contribution in [0.3, 0.4) is 0 Å². The molecule has 0 spiro atoms. The zero-order valence-electron chi connectivity index (χ0n) is 21.6. The smallest absolute Gasteiger partial charge is 0.255 e. The largest absolute Gasteiger partial charge is 0.357 e.